The van der Waals surface area contributed by atoms with Crippen LogP contribution in [0.15, 0.2) is 23.3 Å². The fraction of sp³-hybridized carbons (Fsp3) is 0.783. The van der Waals surface area contributed by atoms with E-state index in [0.717, 1.165) is 19.3 Å². The van der Waals surface area contributed by atoms with Crippen molar-refractivity contribution < 1.29 is 19.7 Å². The van der Waals surface area contributed by atoms with E-state index in [1.165, 1.54) is 18.4 Å². The van der Waals surface area contributed by atoms with Crippen molar-refractivity contribution in [1.29, 1.82) is 0 Å². The first-order valence-corrected chi connectivity index (χ1v) is 10.6. The highest BCUT2D eigenvalue weighted by molar-refractivity contribution is 5.77. The molecule has 0 saturated heterocycles. The maximum Gasteiger partial charge on any atom is 0.312 e. The van der Waals surface area contributed by atoms with Gasteiger partial charge in [0.1, 0.15) is 12.7 Å². The summed E-state index contributed by atoms with van der Waals surface area (Å²) in [5, 5.41) is 18.5. The van der Waals surface area contributed by atoms with Crippen molar-refractivity contribution in [3.8, 4) is 0 Å². The third-order valence-electron chi connectivity index (χ3n) is 7.48. The lowest BCUT2D eigenvalue weighted by molar-refractivity contribution is -0.169. The van der Waals surface area contributed by atoms with E-state index < -0.39 is 11.5 Å². The third kappa shape index (κ3) is 3.88. The lowest BCUT2D eigenvalue weighted by Gasteiger charge is -2.53. The zero-order valence-electron chi connectivity index (χ0n) is 17.3. The highest BCUT2D eigenvalue weighted by Crippen LogP contribution is 2.57. The van der Waals surface area contributed by atoms with Crippen LogP contribution >= 0.6 is 0 Å². The van der Waals surface area contributed by atoms with Crippen molar-refractivity contribution in [3.05, 3.63) is 23.3 Å². The van der Waals surface area contributed by atoms with Gasteiger partial charge in [-0.1, -0.05) is 38.5 Å². The lowest BCUT2D eigenvalue weighted by atomic mass is 9.51. The number of carbonyl (C=O) groups is 1. The first kappa shape index (κ1) is 20.6. The zero-order valence-corrected chi connectivity index (χ0v) is 17.3. The van der Waals surface area contributed by atoms with E-state index in [1.807, 2.05) is 0 Å². The topological polar surface area (TPSA) is 66.8 Å². The predicted octanol–water partition coefficient (Wildman–Crippen LogP) is 3.87. The van der Waals surface area contributed by atoms with Crippen LogP contribution in [0.2, 0.25) is 0 Å². The van der Waals surface area contributed by atoms with Gasteiger partial charge in [-0.05, 0) is 74.2 Å². The molecule has 3 aliphatic rings. The average Bonchev–Trinajstić information content (AvgIpc) is 2.67. The van der Waals surface area contributed by atoms with Crippen molar-refractivity contribution in [2.75, 3.05) is 13.2 Å². The highest BCUT2D eigenvalue weighted by atomic mass is 16.5. The third-order valence-corrected chi connectivity index (χ3v) is 7.48. The minimum atomic E-state index is -0.994. The number of ether oxygens (including phenoxy) is 1. The van der Waals surface area contributed by atoms with Crippen LogP contribution < -0.4 is 0 Å². The molecule has 0 spiro atoms. The molecule has 0 heterocycles. The van der Waals surface area contributed by atoms with Gasteiger partial charge >= 0.3 is 5.97 Å². The van der Waals surface area contributed by atoms with Gasteiger partial charge in [0.2, 0.25) is 0 Å². The smallest absolute Gasteiger partial charge is 0.312 e. The molecule has 152 valence electrons. The van der Waals surface area contributed by atoms with Gasteiger partial charge in [0.05, 0.1) is 12.0 Å². The summed E-state index contributed by atoms with van der Waals surface area (Å²) >= 11 is 0. The number of carbonyl (C=O) groups excluding carboxylic acids is 1. The fourth-order valence-corrected chi connectivity index (χ4v) is 5.69. The Morgan fingerprint density at radius 1 is 1.37 bits per heavy atom. The maximum atomic E-state index is 13.0. The lowest BCUT2D eigenvalue weighted by Crippen LogP contribution is -2.50. The molecule has 2 N–H and O–H groups in total. The molecule has 3 aliphatic carbocycles. The second-order valence-electron chi connectivity index (χ2n) is 9.51. The normalized spacial score (nSPS) is 37.0. The van der Waals surface area contributed by atoms with E-state index in [2.05, 4.69) is 39.8 Å². The van der Waals surface area contributed by atoms with Gasteiger partial charge in [-0.3, -0.25) is 4.79 Å². The number of aliphatic hydroxyl groups is 2. The highest BCUT2D eigenvalue weighted by Gasteiger charge is 2.54. The summed E-state index contributed by atoms with van der Waals surface area (Å²) < 4.78 is 5.42. The number of fused-ring (bicyclic) bond motifs is 3. The maximum absolute atomic E-state index is 13.0. The van der Waals surface area contributed by atoms with E-state index in [1.54, 1.807) is 5.57 Å². The van der Waals surface area contributed by atoms with E-state index >= 15 is 0 Å². The average molecular weight is 377 g/mol. The van der Waals surface area contributed by atoms with Crippen molar-refractivity contribution in [1.82, 2.24) is 0 Å². The summed E-state index contributed by atoms with van der Waals surface area (Å²) in [7, 11) is 0. The number of hydrogen-bond acceptors (Lipinski definition) is 4. The molecule has 0 aromatic carbocycles. The molecule has 0 aromatic heterocycles. The summed E-state index contributed by atoms with van der Waals surface area (Å²) in [6.07, 6.45) is 8.98. The molecule has 4 heteroatoms. The van der Waals surface area contributed by atoms with Crippen LogP contribution in [0.5, 0.6) is 0 Å². The fourth-order valence-electron chi connectivity index (χ4n) is 5.69. The van der Waals surface area contributed by atoms with E-state index in [-0.39, 0.29) is 19.2 Å². The Hall–Kier alpha value is -1.13. The molecule has 0 bridgehead atoms. The molecule has 0 aliphatic heterocycles. The molecule has 3 rings (SSSR count). The Morgan fingerprint density at radius 2 is 2.11 bits per heavy atom. The molecule has 1 fully saturated rings. The molecule has 4 nitrogen and oxygen atoms in total. The van der Waals surface area contributed by atoms with Crippen LogP contribution in [0.3, 0.4) is 0 Å². The second kappa shape index (κ2) is 8.08. The van der Waals surface area contributed by atoms with Gasteiger partial charge in [-0.2, -0.15) is 0 Å². The minimum Gasteiger partial charge on any atom is -0.462 e. The standard InChI is InChI=1S/C23H36O4/c1-14(2)16-5-7-19-17(11-16)6-8-20-21(19)15(3)9-10-23(20,4)22(26)27-13-18(25)12-24/h6,11,14-15,18-21,24-25H,5,7-10,12-13H2,1-4H3/t15?,18?,19-,20?,21?,23+/m0/s1. The number of allylic oxidation sites excluding steroid dienone is 4. The zero-order chi connectivity index (χ0) is 19.8. The number of esters is 1. The summed E-state index contributed by atoms with van der Waals surface area (Å²) in [6.45, 7) is 8.45. The van der Waals surface area contributed by atoms with Crippen LogP contribution in [0.25, 0.3) is 0 Å². The van der Waals surface area contributed by atoms with Gasteiger partial charge in [-0.25, -0.2) is 0 Å². The van der Waals surface area contributed by atoms with Gasteiger partial charge in [0, 0.05) is 0 Å². The summed E-state index contributed by atoms with van der Waals surface area (Å²) in [4.78, 5) is 13.0. The van der Waals surface area contributed by atoms with Gasteiger partial charge < -0.3 is 14.9 Å². The molecule has 0 radical (unpaired) electrons. The van der Waals surface area contributed by atoms with E-state index in [9.17, 15) is 9.90 Å². The Bertz CT molecular complexity index is 620. The van der Waals surface area contributed by atoms with Gasteiger partial charge in [-0.15, -0.1) is 0 Å². The second-order valence-corrected chi connectivity index (χ2v) is 9.51. The number of aliphatic hydroxyl groups excluding tert-OH is 2. The van der Waals surface area contributed by atoms with Crippen molar-refractivity contribution in [2.45, 2.75) is 65.9 Å². The Balaban J connectivity index is 1.83. The van der Waals surface area contributed by atoms with Crippen LogP contribution in [0.4, 0.5) is 0 Å². The number of rotatable bonds is 5. The molecular weight excluding hydrogens is 340 g/mol. The molecular formula is C23H36O4. The van der Waals surface area contributed by atoms with Crippen LogP contribution in [0, 0.1) is 35.0 Å². The van der Waals surface area contributed by atoms with E-state index in [4.69, 9.17) is 9.84 Å². The summed E-state index contributed by atoms with van der Waals surface area (Å²) in [5.74, 6) is 2.37. The van der Waals surface area contributed by atoms with E-state index in [0.29, 0.717) is 29.6 Å². The molecule has 0 amide bonds. The predicted molar refractivity (Wildman–Crippen MR) is 106 cm³/mol. The van der Waals surface area contributed by atoms with Gasteiger partial charge in [0.15, 0.2) is 0 Å². The Labute approximate surface area is 163 Å². The van der Waals surface area contributed by atoms with Crippen LogP contribution in [-0.4, -0.2) is 35.5 Å². The largest absolute Gasteiger partial charge is 0.462 e. The van der Waals surface area contributed by atoms with Crippen molar-refractivity contribution in [3.63, 3.8) is 0 Å². The SMILES string of the molecule is CC(C)C1=CC2=CCC3C(C(C)CC[C@@]3(C)C(=O)OCC(O)CO)[C@H]2CC1. The number of hydrogen-bond donors (Lipinski definition) is 2. The first-order valence-electron chi connectivity index (χ1n) is 10.6. The molecule has 27 heavy (non-hydrogen) atoms. The Kier molecular flexibility index (Phi) is 6.17. The van der Waals surface area contributed by atoms with Gasteiger partial charge in [0.25, 0.3) is 0 Å². The molecule has 6 atom stereocenters. The van der Waals surface area contributed by atoms with Crippen LogP contribution in [-0.2, 0) is 9.53 Å². The quantitative estimate of drug-likeness (QED) is 0.715. The van der Waals surface area contributed by atoms with Crippen molar-refractivity contribution in [2.24, 2.45) is 35.0 Å². The van der Waals surface area contributed by atoms with Crippen LogP contribution in [0.1, 0.15) is 59.8 Å². The van der Waals surface area contributed by atoms with Crippen molar-refractivity contribution >= 4 is 5.97 Å². The monoisotopic (exact) mass is 376 g/mol. The molecule has 1 saturated carbocycles. The summed E-state index contributed by atoms with van der Waals surface area (Å²) in [6, 6.07) is 0. The molecule has 4 unspecified atom stereocenters. The minimum absolute atomic E-state index is 0.122. The summed E-state index contributed by atoms with van der Waals surface area (Å²) in [5.41, 5.74) is 2.54. The Morgan fingerprint density at radius 3 is 2.78 bits per heavy atom. The molecule has 0 aromatic rings. The first-order chi connectivity index (χ1) is 12.8.